The van der Waals surface area contributed by atoms with E-state index >= 15 is 0 Å². The number of hydrogen-bond donors (Lipinski definition) is 2. The zero-order valence-electron chi connectivity index (χ0n) is 16.9. The Labute approximate surface area is 173 Å². The second-order valence-electron chi connectivity index (χ2n) is 6.81. The van der Waals surface area contributed by atoms with Crippen molar-refractivity contribution < 1.29 is 26.7 Å². The highest BCUT2D eigenvalue weighted by molar-refractivity contribution is 5.80. The van der Waals surface area contributed by atoms with Gasteiger partial charge in [0.1, 0.15) is 5.69 Å². The molecule has 2 aromatic heterocycles. The summed E-state index contributed by atoms with van der Waals surface area (Å²) in [5.74, 6) is -11.2. The summed E-state index contributed by atoms with van der Waals surface area (Å²) in [7, 11) is 0. The Morgan fingerprint density at radius 3 is 1.97 bits per heavy atom. The molecular weight excluding hydrogens is 423 g/mol. The van der Waals surface area contributed by atoms with Crippen molar-refractivity contribution in [3.05, 3.63) is 63.5 Å². The summed E-state index contributed by atoms with van der Waals surface area (Å²) >= 11 is 0. The van der Waals surface area contributed by atoms with Crippen molar-refractivity contribution in [3.8, 4) is 5.95 Å². The van der Waals surface area contributed by atoms with Crippen LogP contribution in [0.4, 0.5) is 27.6 Å². The van der Waals surface area contributed by atoms with Crippen LogP contribution >= 0.6 is 0 Å². The van der Waals surface area contributed by atoms with E-state index in [1.54, 1.807) is 39.2 Å². The lowest BCUT2D eigenvalue weighted by molar-refractivity contribution is -0.120. The summed E-state index contributed by atoms with van der Waals surface area (Å²) in [6.45, 7) is 6.92. The Hall–Kier alpha value is -3.57. The number of anilines is 1. The van der Waals surface area contributed by atoms with E-state index in [1.165, 1.54) is 4.68 Å². The van der Waals surface area contributed by atoms with Crippen LogP contribution in [0, 0.1) is 56.8 Å². The Bertz CT molecular complexity index is 1140. The number of amides is 1. The molecular formula is C19H17F5N6O. The number of halogens is 5. The van der Waals surface area contributed by atoms with Crippen LogP contribution in [-0.2, 0) is 11.2 Å². The van der Waals surface area contributed by atoms with Gasteiger partial charge >= 0.3 is 0 Å². The molecule has 0 aliphatic carbocycles. The van der Waals surface area contributed by atoms with Gasteiger partial charge < -0.3 is 0 Å². The normalized spacial score (nSPS) is 11.0. The first-order valence-electron chi connectivity index (χ1n) is 8.95. The third kappa shape index (κ3) is 4.18. The lowest BCUT2D eigenvalue weighted by atomic mass is 10.1. The Kier molecular flexibility index (Phi) is 5.91. The molecule has 0 saturated carbocycles. The van der Waals surface area contributed by atoms with Crippen LogP contribution in [-0.4, -0.2) is 25.7 Å². The number of nitrogens with zero attached hydrogens (tertiary/aromatic N) is 4. The minimum absolute atomic E-state index is 0.287. The average molecular weight is 440 g/mol. The molecule has 31 heavy (non-hydrogen) atoms. The monoisotopic (exact) mass is 440 g/mol. The van der Waals surface area contributed by atoms with E-state index in [1.807, 2.05) is 5.43 Å². The van der Waals surface area contributed by atoms with E-state index in [2.05, 4.69) is 15.1 Å². The molecule has 3 rings (SSSR count). The van der Waals surface area contributed by atoms with Crippen molar-refractivity contribution >= 4 is 11.6 Å². The fraction of sp³-hybridized carbons (Fsp3) is 0.263. The van der Waals surface area contributed by atoms with Crippen molar-refractivity contribution in [3.63, 3.8) is 0 Å². The van der Waals surface area contributed by atoms with Gasteiger partial charge in [0.15, 0.2) is 23.3 Å². The van der Waals surface area contributed by atoms with Crippen molar-refractivity contribution in [1.82, 2.24) is 25.2 Å². The van der Waals surface area contributed by atoms with Crippen LogP contribution in [0.25, 0.3) is 5.95 Å². The van der Waals surface area contributed by atoms with Gasteiger partial charge in [0.2, 0.25) is 11.7 Å². The lowest BCUT2D eigenvalue weighted by Crippen LogP contribution is -2.32. The van der Waals surface area contributed by atoms with Crippen LogP contribution in [0.15, 0.2) is 6.07 Å². The molecule has 0 aliphatic rings. The van der Waals surface area contributed by atoms with E-state index in [0.29, 0.717) is 22.9 Å². The van der Waals surface area contributed by atoms with Gasteiger partial charge in [-0.1, -0.05) is 0 Å². The second-order valence-corrected chi connectivity index (χ2v) is 6.81. The molecule has 0 radical (unpaired) electrons. The average Bonchev–Trinajstić information content (AvgIpc) is 2.98. The number of carbonyl (C=O) groups excluding carboxylic acids is 1. The summed E-state index contributed by atoms with van der Waals surface area (Å²) in [5, 5.41) is 4.33. The van der Waals surface area contributed by atoms with Gasteiger partial charge in [0, 0.05) is 22.6 Å². The molecule has 0 fully saturated rings. The first-order chi connectivity index (χ1) is 14.5. The maximum absolute atomic E-state index is 13.7. The minimum atomic E-state index is -2.29. The smallest absolute Gasteiger partial charge is 0.251 e. The van der Waals surface area contributed by atoms with Crippen molar-refractivity contribution in [2.45, 2.75) is 34.1 Å². The zero-order valence-corrected chi connectivity index (χ0v) is 16.9. The molecule has 12 heteroatoms. The highest BCUT2D eigenvalue weighted by atomic mass is 19.2. The number of carbonyl (C=O) groups is 1. The highest BCUT2D eigenvalue weighted by Gasteiger charge is 2.26. The zero-order chi connectivity index (χ0) is 23.0. The van der Waals surface area contributed by atoms with Gasteiger partial charge in [0.25, 0.3) is 5.95 Å². The van der Waals surface area contributed by atoms with Gasteiger partial charge in [-0.15, -0.1) is 0 Å². The van der Waals surface area contributed by atoms with E-state index in [4.69, 9.17) is 0 Å². The molecule has 0 unspecified atom stereocenters. The van der Waals surface area contributed by atoms with E-state index < -0.39 is 40.7 Å². The number of nitrogens with one attached hydrogen (secondary N) is 2. The van der Waals surface area contributed by atoms with Crippen LogP contribution in [0.5, 0.6) is 0 Å². The molecule has 3 aromatic rings. The molecule has 1 amide bonds. The molecule has 1 aromatic carbocycles. The topological polar surface area (TPSA) is 84.7 Å². The fourth-order valence-electron chi connectivity index (χ4n) is 2.98. The maximum atomic E-state index is 13.7. The summed E-state index contributed by atoms with van der Waals surface area (Å²) in [6, 6.07) is 1.79. The second kappa shape index (κ2) is 8.28. The predicted molar refractivity (Wildman–Crippen MR) is 99.8 cm³/mol. The summed E-state index contributed by atoms with van der Waals surface area (Å²) < 4.78 is 68.5. The Balaban J connectivity index is 1.80. The Morgan fingerprint density at radius 2 is 1.42 bits per heavy atom. The van der Waals surface area contributed by atoms with E-state index in [0.717, 1.165) is 11.4 Å². The van der Waals surface area contributed by atoms with Crippen molar-refractivity contribution in [2.24, 2.45) is 0 Å². The van der Waals surface area contributed by atoms with E-state index in [9.17, 15) is 26.7 Å². The summed E-state index contributed by atoms with van der Waals surface area (Å²) in [4.78, 5) is 20.9. The van der Waals surface area contributed by atoms with Gasteiger partial charge in [0.05, 0.1) is 12.1 Å². The minimum Gasteiger partial charge on any atom is -0.293 e. The van der Waals surface area contributed by atoms with Crippen LogP contribution in [0.1, 0.15) is 28.3 Å². The number of aromatic nitrogens is 4. The van der Waals surface area contributed by atoms with Gasteiger partial charge in [-0.25, -0.2) is 36.6 Å². The highest BCUT2D eigenvalue weighted by Crippen LogP contribution is 2.26. The molecule has 2 N–H and O–H groups in total. The lowest BCUT2D eigenvalue weighted by Gasteiger charge is -2.12. The molecule has 164 valence electrons. The molecule has 0 saturated heterocycles. The molecule has 0 atom stereocenters. The fourth-order valence-corrected chi connectivity index (χ4v) is 2.98. The first-order valence-corrected chi connectivity index (χ1v) is 8.95. The van der Waals surface area contributed by atoms with Gasteiger partial charge in [-0.05, 0) is 33.8 Å². The Morgan fingerprint density at radius 1 is 0.903 bits per heavy atom. The van der Waals surface area contributed by atoms with Gasteiger partial charge in [-0.2, -0.15) is 5.10 Å². The largest absolute Gasteiger partial charge is 0.293 e. The number of rotatable bonds is 5. The number of hydrogen-bond acceptors (Lipinski definition) is 5. The third-order valence-corrected chi connectivity index (χ3v) is 4.48. The van der Waals surface area contributed by atoms with Crippen molar-refractivity contribution in [1.29, 1.82) is 0 Å². The molecule has 7 nitrogen and oxygen atoms in total. The standard InChI is InChI=1S/C19H17F5N6O/c1-7-5-8(2)26-19(25-7)30-10(4)11(9(3)29-30)6-12(31)27-28-18-16(23)14(21)13(20)15(22)17(18)24/h5,28H,6H2,1-4H3,(H,27,31). The van der Waals surface area contributed by atoms with Crippen LogP contribution < -0.4 is 10.9 Å². The maximum Gasteiger partial charge on any atom is 0.251 e. The first kappa shape index (κ1) is 22.1. The predicted octanol–water partition coefficient (Wildman–Crippen LogP) is 3.28. The summed E-state index contributed by atoms with van der Waals surface area (Å²) in [5.41, 5.74) is 5.28. The molecule has 0 aliphatic heterocycles. The number of benzene rings is 1. The molecule has 2 heterocycles. The number of hydrazine groups is 1. The van der Waals surface area contributed by atoms with E-state index in [-0.39, 0.29) is 6.42 Å². The van der Waals surface area contributed by atoms with Crippen LogP contribution in [0.3, 0.4) is 0 Å². The quantitative estimate of drug-likeness (QED) is 0.275. The summed E-state index contributed by atoms with van der Waals surface area (Å²) in [6.07, 6.45) is -0.287. The SMILES string of the molecule is Cc1cc(C)nc(-n2nc(C)c(CC(=O)NNc3c(F)c(F)c(F)c(F)c3F)c2C)n1. The molecule has 0 spiro atoms. The third-order valence-electron chi connectivity index (χ3n) is 4.48. The number of aryl methyl sites for hydroxylation is 3. The van der Waals surface area contributed by atoms with Crippen LogP contribution in [0.2, 0.25) is 0 Å². The molecule has 0 bridgehead atoms. The van der Waals surface area contributed by atoms with Gasteiger partial charge in [-0.3, -0.25) is 15.6 Å². The van der Waals surface area contributed by atoms with Crippen molar-refractivity contribution in [2.75, 3.05) is 5.43 Å².